The Hall–Kier alpha value is -1.53. The van der Waals surface area contributed by atoms with E-state index in [0.717, 1.165) is 31.9 Å². The quantitative estimate of drug-likeness (QED) is 0.920. The summed E-state index contributed by atoms with van der Waals surface area (Å²) in [5.74, 6) is 1.46. The molecule has 1 aromatic heterocycles. The molecule has 2 amide bonds. The van der Waals surface area contributed by atoms with E-state index in [2.05, 4.69) is 17.1 Å². The first-order valence-corrected chi connectivity index (χ1v) is 8.86. The predicted octanol–water partition coefficient (Wildman–Crippen LogP) is 2.17. The van der Waals surface area contributed by atoms with Crippen LogP contribution in [-0.2, 0) is 11.3 Å². The molecular formula is C18H29N3O3. The molecule has 2 fully saturated rings. The van der Waals surface area contributed by atoms with Crippen LogP contribution >= 0.6 is 0 Å². The molecule has 0 unspecified atom stereocenters. The molecule has 6 nitrogen and oxygen atoms in total. The van der Waals surface area contributed by atoms with E-state index < -0.39 is 0 Å². The van der Waals surface area contributed by atoms with Crippen molar-refractivity contribution >= 4 is 6.03 Å². The molecule has 2 aliphatic heterocycles. The Balaban J connectivity index is 1.69. The fraction of sp³-hybridized carbons (Fsp3) is 0.722. The zero-order valence-electron chi connectivity index (χ0n) is 15.0. The van der Waals surface area contributed by atoms with Crippen LogP contribution in [0.25, 0.3) is 0 Å². The van der Waals surface area contributed by atoms with Gasteiger partial charge in [0.2, 0.25) is 0 Å². The molecule has 2 aliphatic rings. The van der Waals surface area contributed by atoms with Crippen molar-refractivity contribution in [3.63, 3.8) is 0 Å². The number of hydrogen-bond acceptors (Lipinski definition) is 4. The number of carbonyl (C=O) groups excluding carboxylic acids is 1. The molecular weight excluding hydrogens is 306 g/mol. The summed E-state index contributed by atoms with van der Waals surface area (Å²) in [4.78, 5) is 16.8. The molecule has 0 bridgehead atoms. The Morgan fingerprint density at radius 1 is 1.46 bits per heavy atom. The number of nitrogens with one attached hydrogen (secondary N) is 1. The molecule has 2 atom stereocenters. The monoisotopic (exact) mass is 335 g/mol. The fourth-order valence-electron chi connectivity index (χ4n) is 3.85. The van der Waals surface area contributed by atoms with Crippen LogP contribution in [0.2, 0.25) is 0 Å². The molecule has 2 saturated heterocycles. The highest BCUT2D eigenvalue weighted by molar-refractivity contribution is 5.74. The number of nitrogens with zero attached hydrogens (tertiary/aromatic N) is 2. The van der Waals surface area contributed by atoms with Crippen LogP contribution in [0, 0.1) is 11.3 Å². The number of rotatable bonds is 3. The Labute approximate surface area is 144 Å². The summed E-state index contributed by atoms with van der Waals surface area (Å²) >= 11 is 0. The van der Waals surface area contributed by atoms with Crippen LogP contribution in [0.15, 0.2) is 22.8 Å². The molecule has 0 aromatic carbocycles. The first kappa shape index (κ1) is 17.3. The lowest BCUT2D eigenvalue weighted by Gasteiger charge is -2.35. The minimum atomic E-state index is -0.00257. The Morgan fingerprint density at radius 3 is 3.00 bits per heavy atom. The number of amides is 2. The van der Waals surface area contributed by atoms with Gasteiger partial charge in [0.1, 0.15) is 5.76 Å². The van der Waals surface area contributed by atoms with E-state index >= 15 is 0 Å². The van der Waals surface area contributed by atoms with E-state index in [4.69, 9.17) is 9.15 Å². The highest BCUT2D eigenvalue weighted by Gasteiger charge is 2.47. The van der Waals surface area contributed by atoms with E-state index in [1.807, 2.05) is 30.9 Å². The summed E-state index contributed by atoms with van der Waals surface area (Å²) in [7, 11) is 0. The van der Waals surface area contributed by atoms with Gasteiger partial charge in [-0.3, -0.25) is 4.90 Å². The van der Waals surface area contributed by atoms with Crippen molar-refractivity contribution in [2.45, 2.75) is 33.4 Å². The molecule has 0 radical (unpaired) electrons. The average Bonchev–Trinajstić information content (AvgIpc) is 3.04. The molecule has 0 saturated carbocycles. The Bertz CT molecular complexity index is 546. The molecule has 6 heteroatoms. The predicted molar refractivity (Wildman–Crippen MR) is 91.6 cm³/mol. The van der Waals surface area contributed by atoms with Crippen LogP contribution < -0.4 is 5.32 Å². The van der Waals surface area contributed by atoms with Crippen molar-refractivity contribution in [2.75, 3.05) is 39.4 Å². The maximum atomic E-state index is 12.5. The minimum Gasteiger partial charge on any atom is -0.468 e. The highest BCUT2D eigenvalue weighted by Crippen LogP contribution is 2.39. The number of ether oxygens (including phenoxy) is 1. The zero-order valence-corrected chi connectivity index (χ0v) is 15.0. The Morgan fingerprint density at radius 2 is 2.29 bits per heavy atom. The van der Waals surface area contributed by atoms with Gasteiger partial charge in [0, 0.05) is 37.6 Å². The lowest BCUT2D eigenvalue weighted by atomic mass is 9.79. The summed E-state index contributed by atoms with van der Waals surface area (Å²) in [6, 6.07) is 4.11. The zero-order chi connectivity index (χ0) is 17.2. The normalized spacial score (nSPS) is 28.5. The molecule has 24 heavy (non-hydrogen) atoms. The first-order valence-electron chi connectivity index (χ1n) is 8.86. The SMILES string of the molecule is CC(C)NC(=O)N1CCOC[C@@]2(CN(Cc3ccco3)C[C@@H]2C)C1. The van der Waals surface area contributed by atoms with Crippen molar-refractivity contribution in [1.29, 1.82) is 0 Å². The number of furan rings is 1. The average molecular weight is 335 g/mol. The van der Waals surface area contributed by atoms with E-state index in [1.165, 1.54) is 0 Å². The van der Waals surface area contributed by atoms with E-state index in [0.29, 0.717) is 25.7 Å². The van der Waals surface area contributed by atoms with Gasteiger partial charge in [0.15, 0.2) is 0 Å². The fourth-order valence-corrected chi connectivity index (χ4v) is 3.85. The van der Waals surface area contributed by atoms with Gasteiger partial charge in [0.05, 0.1) is 26.0 Å². The standard InChI is InChI=1S/C18H29N3O3/c1-14(2)19-17(22)21-6-8-23-13-18(12-21)11-20(9-15(18)3)10-16-5-4-7-24-16/h4-5,7,14-15H,6,8-13H2,1-3H3,(H,19,22)/t15-,18+/m0/s1. The third-order valence-electron chi connectivity index (χ3n) is 5.18. The van der Waals surface area contributed by atoms with Crippen molar-refractivity contribution in [3.05, 3.63) is 24.2 Å². The van der Waals surface area contributed by atoms with Crippen LogP contribution in [0.4, 0.5) is 4.79 Å². The summed E-state index contributed by atoms with van der Waals surface area (Å²) < 4.78 is 11.4. The first-order chi connectivity index (χ1) is 11.5. The largest absolute Gasteiger partial charge is 0.468 e. The Kier molecular flexibility index (Phi) is 5.15. The van der Waals surface area contributed by atoms with Gasteiger partial charge in [-0.15, -0.1) is 0 Å². The molecule has 1 spiro atoms. The lowest BCUT2D eigenvalue weighted by molar-refractivity contribution is 0.0514. The number of carbonyl (C=O) groups is 1. The van der Waals surface area contributed by atoms with E-state index in [-0.39, 0.29) is 17.5 Å². The van der Waals surface area contributed by atoms with Gasteiger partial charge in [-0.2, -0.15) is 0 Å². The molecule has 134 valence electrons. The third-order valence-corrected chi connectivity index (χ3v) is 5.18. The summed E-state index contributed by atoms with van der Waals surface area (Å²) in [6.45, 7) is 11.7. The number of hydrogen-bond donors (Lipinski definition) is 1. The lowest BCUT2D eigenvalue weighted by Crippen LogP contribution is -2.50. The van der Waals surface area contributed by atoms with Crippen molar-refractivity contribution in [2.24, 2.45) is 11.3 Å². The number of urea groups is 1. The molecule has 3 rings (SSSR count). The maximum absolute atomic E-state index is 12.5. The molecule has 3 heterocycles. The van der Waals surface area contributed by atoms with Crippen molar-refractivity contribution < 1.29 is 13.9 Å². The second-order valence-corrected chi connectivity index (χ2v) is 7.59. The summed E-state index contributed by atoms with van der Waals surface area (Å²) in [5, 5.41) is 3.01. The van der Waals surface area contributed by atoms with Crippen LogP contribution in [-0.4, -0.2) is 61.3 Å². The topological polar surface area (TPSA) is 58.0 Å². The van der Waals surface area contributed by atoms with Gasteiger partial charge in [-0.25, -0.2) is 4.79 Å². The number of likely N-dealkylation sites (tertiary alicyclic amines) is 1. The van der Waals surface area contributed by atoms with Crippen molar-refractivity contribution in [1.82, 2.24) is 15.1 Å². The summed E-state index contributed by atoms with van der Waals surface area (Å²) in [6.07, 6.45) is 1.72. The van der Waals surface area contributed by atoms with E-state index in [1.54, 1.807) is 6.26 Å². The third kappa shape index (κ3) is 3.75. The second kappa shape index (κ2) is 7.15. The second-order valence-electron chi connectivity index (χ2n) is 7.59. The highest BCUT2D eigenvalue weighted by atomic mass is 16.5. The van der Waals surface area contributed by atoms with Gasteiger partial charge in [-0.1, -0.05) is 6.92 Å². The smallest absolute Gasteiger partial charge is 0.317 e. The molecule has 0 aliphatic carbocycles. The van der Waals surface area contributed by atoms with Gasteiger partial charge < -0.3 is 19.4 Å². The van der Waals surface area contributed by atoms with E-state index in [9.17, 15) is 4.79 Å². The van der Waals surface area contributed by atoms with Crippen LogP contribution in [0.5, 0.6) is 0 Å². The van der Waals surface area contributed by atoms with Gasteiger partial charge in [0.25, 0.3) is 0 Å². The summed E-state index contributed by atoms with van der Waals surface area (Å²) in [5.41, 5.74) is -0.00257. The maximum Gasteiger partial charge on any atom is 0.317 e. The van der Waals surface area contributed by atoms with Gasteiger partial charge >= 0.3 is 6.03 Å². The van der Waals surface area contributed by atoms with Crippen LogP contribution in [0.3, 0.4) is 0 Å². The van der Waals surface area contributed by atoms with Crippen molar-refractivity contribution in [3.8, 4) is 0 Å². The minimum absolute atomic E-state index is 0.00257. The van der Waals surface area contributed by atoms with Gasteiger partial charge in [-0.05, 0) is 31.9 Å². The molecule has 1 aromatic rings. The van der Waals surface area contributed by atoms with Crippen LogP contribution in [0.1, 0.15) is 26.5 Å². The molecule has 1 N–H and O–H groups in total.